The molecule has 6 heteroatoms. The van der Waals surface area contributed by atoms with Gasteiger partial charge in [0.2, 0.25) is 5.91 Å². The minimum Gasteiger partial charge on any atom is -0.466 e. The standard InChI is InChI=1S/C65H127NO5/c1-3-5-7-9-11-13-15-17-18-19-20-25-28-31-34-37-41-45-49-53-57-63(68)62(61-67)66-64(69)58-54-50-46-42-38-35-32-29-26-23-21-22-24-27-30-33-36-40-44-48-52-56-60-71-65(70)59-55-51-47-43-39-16-14-12-10-8-6-4-2/h23,26,62-63,67-68H,3-22,24-25,27-61H2,1-2H3,(H,66,69)/b26-23-. The van der Waals surface area contributed by atoms with Crippen molar-refractivity contribution < 1.29 is 24.5 Å². The first-order valence-electron chi connectivity index (χ1n) is 32.4. The summed E-state index contributed by atoms with van der Waals surface area (Å²) in [6.07, 6.45) is 73.7. The molecule has 1 amide bonds. The van der Waals surface area contributed by atoms with E-state index in [-0.39, 0.29) is 18.5 Å². The zero-order valence-corrected chi connectivity index (χ0v) is 48.2. The molecular weight excluding hydrogens is 875 g/mol. The SMILES string of the molecule is CCCCCCCCCCCCCCCCCCCCCCC(O)C(CO)NC(=O)CCCCCCCCC/C=C\CCCCCCCCCCCCCOC(=O)CCCCCCCCCCCCCC. The van der Waals surface area contributed by atoms with Crippen LogP contribution in [0.1, 0.15) is 367 Å². The number of hydrogen-bond acceptors (Lipinski definition) is 5. The van der Waals surface area contributed by atoms with Crippen molar-refractivity contribution >= 4 is 11.9 Å². The molecule has 0 heterocycles. The second kappa shape index (κ2) is 61.1. The van der Waals surface area contributed by atoms with Crippen LogP contribution in [-0.2, 0) is 14.3 Å². The predicted molar refractivity (Wildman–Crippen MR) is 310 cm³/mol. The summed E-state index contributed by atoms with van der Waals surface area (Å²) < 4.78 is 5.47. The molecule has 71 heavy (non-hydrogen) atoms. The molecule has 0 aromatic rings. The lowest BCUT2D eigenvalue weighted by molar-refractivity contribution is -0.143. The van der Waals surface area contributed by atoms with E-state index in [1.54, 1.807) is 0 Å². The van der Waals surface area contributed by atoms with Gasteiger partial charge in [0, 0.05) is 12.8 Å². The predicted octanol–water partition coefficient (Wildman–Crippen LogP) is 20.4. The number of carbonyl (C=O) groups excluding carboxylic acids is 2. The minimum absolute atomic E-state index is 0.0115. The number of allylic oxidation sites excluding steroid dienone is 2. The molecule has 0 saturated carbocycles. The summed E-state index contributed by atoms with van der Waals surface area (Å²) in [5.41, 5.74) is 0. The summed E-state index contributed by atoms with van der Waals surface area (Å²) in [4.78, 5) is 24.5. The molecule has 0 aliphatic rings. The van der Waals surface area contributed by atoms with Crippen molar-refractivity contribution in [3.8, 4) is 0 Å². The van der Waals surface area contributed by atoms with Crippen LogP contribution in [-0.4, -0.2) is 47.4 Å². The monoisotopic (exact) mass is 1000 g/mol. The lowest BCUT2D eigenvalue weighted by Crippen LogP contribution is -2.45. The van der Waals surface area contributed by atoms with Crippen LogP contribution in [0.15, 0.2) is 12.2 Å². The van der Waals surface area contributed by atoms with Gasteiger partial charge in [0.25, 0.3) is 0 Å². The Bertz CT molecular complexity index is 1060. The molecule has 0 aromatic heterocycles. The van der Waals surface area contributed by atoms with E-state index in [0.29, 0.717) is 25.9 Å². The van der Waals surface area contributed by atoms with Crippen LogP contribution >= 0.6 is 0 Å². The van der Waals surface area contributed by atoms with Crippen molar-refractivity contribution in [1.29, 1.82) is 0 Å². The van der Waals surface area contributed by atoms with Crippen molar-refractivity contribution in [1.82, 2.24) is 5.32 Å². The van der Waals surface area contributed by atoms with Crippen LogP contribution in [0.3, 0.4) is 0 Å². The number of hydrogen-bond donors (Lipinski definition) is 3. The highest BCUT2D eigenvalue weighted by Gasteiger charge is 2.20. The second-order valence-corrected chi connectivity index (χ2v) is 22.5. The average molecular weight is 1000 g/mol. The normalized spacial score (nSPS) is 12.6. The Labute approximate surface area is 444 Å². The zero-order valence-electron chi connectivity index (χ0n) is 48.2. The highest BCUT2D eigenvalue weighted by molar-refractivity contribution is 5.76. The molecule has 0 spiro atoms. The molecule has 0 rings (SSSR count). The van der Waals surface area contributed by atoms with Crippen LogP contribution in [0.25, 0.3) is 0 Å². The van der Waals surface area contributed by atoms with E-state index in [1.165, 1.54) is 295 Å². The Morgan fingerprint density at radius 3 is 1.00 bits per heavy atom. The molecule has 0 aromatic carbocycles. The molecule has 422 valence electrons. The number of carbonyl (C=O) groups is 2. The van der Waals surface area contributed by atoms with Crippen LogP contribution in [0, 0.1) is 0 Å². The van der Waals surface area contributed by atoms with Gasteiger partial charge in [0.05, 0.1) is 25.4 Å². The number of aliphatic hydroxyl groups excluding tert-OH is 2. The number of amides is 1. The van der Waals surface area contributed by atoms with Gasteiger partial charge in [-0.3, -0.25) is 9.59 Å². The number of aliphatic hydroxyl groups is 2. The average Bonchev–Trinajstić information content (AvgIpc) is 3.37. The van der Waals surface area contributed by atoms with Crippen LogP contribution in [0.2, 0.25) is 0 Å². The maximum Gasteiger partial charge on any atom is 0.305 e. The molecule has 0 saturated heterocycles. The lowest BCUT2D eigenvalue weighted by Gasteiger charge is -2.22. The Balaban J connectivity index is 3.41. The van der Waals surface area contributed by atoms with Crippen LogP contribution < -0.4 is 5.32 Å². The fraction of sp³-hybridized carbons (Fsp3) is 0.938. The quantitative estimate of drug-likeness (QED) is 0.0320. The second-order valence-electron chi connectivity index (χ2n) is 22.5. The van der Waals surface area contributed by atoms with Crippen molar-refractivity contribution in [2.45, 2.75) is 379 Å². The Morgan fingerprint density at radius 2 is 0.662 bits per heavy atom. The summed E-state index contributed by atoms with van der Waals surface area (Å²) in [6, 6.07) is -0.546. The van der Waals surface area contributed by atoms with E-state index in [1.807, 2.05) is 0 Å². The molecule has 0 aliphatic heterocycles. The van der Waals surface area contributed by atoms with Gasteiger partial charge in [0.1, 0.15) is 0 Å². The van der Waals surface area contributed by atoms with Crippen molar-refractivity contribution in [3.05, 3.63) is 12.2 Å². The van der Waals surface area contributed by atoms with E-state index < -0.39 is 12.1 Å². The Morgan fingerprint density at radius 1 is 0.380 bits per heavy atom. The topological polar surface area (TPSA) is 95.9 Å². The first-order chi connectivity index (χ1) is 35.0. The number of ether oxygens (including phenoxy) is 1. The molecule has 0 bridgehead atoms. The van der Waals surface area contributed by atoms with E-state index in [4.69, 9.17) is 4.74 Å². The fourth-order valence-corrected chi connectivity index (χ4v) is 10.3. The molecule has 2 atom stereocenters. The fourth-order valence-electron chi connectivity index (χ4n) is 10.3. The van der Waals surface area contributed by atoms with E-state index in [0.717, 1.165) is 38.5 Å². The largest absolute Gasteiger partial charge is 0.466 e. The number of rotatable bonds is 61. The smallest absolute Gasteiger partial charge is 0.305 e. The van der Waals surface area contributed by atoms with E-state index in [2.05, 4.69) is 31.3 Å². The molecule has 0 radical (unpaired) electrons. The van der Waals surface area contributed by atoms with Crippen LogP contribution in [0.5, 0.6) is 0 Å². The van der Waals surface area contributed by atoms with Crippen molar-refractivity contribution in [2.75, 3.05) is 13.2 Å². The summed E-state index contributed by atoms with van der Waals surface area (Å²) in [6.45, 7) is 4.98. The first kappa shape index (κ1) is 69.6. The van der Waals surface area contributed by atoms with Crippen molar-refractivity contribution in [2.24, 2.45) is 0 Å². The third kappa shape index (κ3) is 57.7. The zero-order chi connectivity index (χ0) is 51.4. The van der Waals surface area contributed by atoms with Gasteiger partial charge in [-0.2, -0.15) is 0 Å². The van der Waals surface area contributed by atoms with Gasteiger partial charge in [-0.25, -0.2) is 0 Å². The molecule has 3 N–H and O–H groups in total. The summed E-state index contributed by atoms with van der Waals surface area (Å²) >= 11 is 0. The number of esters is 1. The maximum atomic E-state index is 12.5. The minimum atomic E-state index is -0.669. The lowest BCUT2D eigenvalue weighted by atomic mass is 10.0. The van der Waals surface area contributed by atoms with Gasteiger partial charge >= 0.3 is 5.97 Å². The van der Waals surface area contributed by atoms with E-state index >= 15 is 0 Å². The first-order valence-corrected chi connectivity index (χ1v) is 32.4. The highest BCUT2D eigenvalue weighted by atomic mass is 16.5. The third-order valence-corrected chi connectivity index (χ3v) is 15.3. The molecule has 0 aliphatic carbocycles. The molecular formula is C65H127NO5. The van der Waals surface area contributed by atoms with Gasteiger partial charge < -0.3 is 20.3 Å². The summed E-state index contributed by atoms with van der Waals surface area (Å²) in [7, 11) is 0. The van der Waals surface area contributed by atoms with Crippen molar-refractivity contribution in [3.63, 3.8) is 0 Å². The van der Waals surface area contributed by atoms with Crippen LogP contribution in [0.4, 0.5) is 0 Å². The molecule has 6 nitrogen and oxygen atoms in total. The van der Waals surface area contributed by atoms with Gasteiger partial charge in [-0.15, -0.1) is 0 Å². The Hall–Kier alpha value is -1.40. The van der Waals surface area contributed by atoms with Gasteiger partial charge in [-0.05, 0) is 51.4 Å². The highest BCUT2D eigenvalue weighted by Crippen LogP contribution is 2.18. The van der Waals surface area contributed by atoms with Gasteiger partial charge in [0.15, 0.2) is 0 Å². The molecule has 2 unspecified atom stereocenters. The maximum absolute atomic E-state index is 12.5. The van der Waals surface area contributed by atoms with Gasteiger partial charge in [-0.1, -0.05) is 315 Å². The Kier molecular flexibility index (Phi) is 59.9. The summed E-state index contributed by atoms with van der Waals surface area (Å²) in [5, 5.41) is 23.4. The molecule has 0 fully saturated rings. The number of unbranched alkanes of at least 4 members (excludes halogenated alkanes) is 48. The third-order valence-electron chi connectivity index (χ3n) is 15.3. The number of nitrogens with one attached hydrogen (secondary N) is 1. The van der Waals surface area contributed by atoms with E-state index in [9.17, 15) is 19.8 Å². The summed E-state index contributed by atoms with van der Waals surface area (Å²) in [5.74, 6) is -0.0264.